The normalized spacial score (nSPS) is 19.8. The van der Waals surface area contributed by atoms with E-state index in [1.165, 1.54) is 5.69 Å². The Bertz CT molecular complexity index is 849. The number of piperidine rings is 1. The first kappa shape index (κ1) is 19.5. The molecule has 154 valence electrons. The molecule has 0 spiro atoms. The Labute approximate surface area is 171 Å². The molecule has 6 N–H and O–H groups in total. The highest BCUT2D eigenvalue weighted by molar-refractivity contribution is 5.98. The predicted octanol–water partition coefficient (Wildman–Crippen LogP) is 1.26. The maximum atomic E-state index is 11.9. The number of hydrogen-bond donors (Lipinski definition) is 4. The number of nitrogens with zero attached hydrogens (tertiary/aromatic N) is 3. The monoisotopic (exact) mass is 395 g/mol. The van der Waals surface area contributed by atoms with Gasteiger partial charge in [0.2, 0.25) is 0 Å². The van der Waals surface area contributed by atoms with Gasteiger partial charge in [-0.15, -0.1) is 0 Å². The molecule has 2 saturated heterocycles. The summed E-state index contributed by atoms with van der Waals surface area (Å²) in [7, 11) is 0. The number of hydrogen-bond acceptors (Lipinski definition) is 7. The van der Waals surface area contributed by atoms with Gasteiger partial charge in [0, 0.05) is 56.7 Å². The molecule has 8 nitrogen and oxygen atoms in total. The summed E-state index contributed by atoms with van der Waals surface area (Å²) < 4.78 is 0. The van der Waals surface area contributed by atoms with Gasteiger partial charge in [-0.25, -0.2) is 4.98 Å². The summed E-state index contributed by atoms with van der Waals surface area (Å²) in [5, 5.41) is 6.64. The molecule has 2 aliphatic heterocycles. The molecule has 3 heterocycles. The van der Waals surface area contributed by atoms with Gasteiger partial charge in [-0.1, -0.05) is 0 Å². The SMILES string of the molecule is NC(=O)c1ccc(N2CCCC(N)C2)nc1Nc1ccc(N2CCNCC2)cc1. The molecule has 8 heteroatoms. The quantitative estimate of drug-likeness (QED) is 0.603. The lowest BCUT2D eigenvalue weighted by Gasteiger charge is -2.32. The van der Waals surface area contributed by atoms with E-state index < -0.39 is 5.91 Å². The van der Waals surface area contributed by atoms with Crippen LogP contribution in [0, 0.1) is 0 Å². The van der Waals surface area contributed by atoms with Crippen LogP contribution in [0.4, 0.5) is 23.0 Å². The topological polar surface area (TPSA) is 113 Å². The number of amides is 1. The fraction of sp³-hybridized carbons (Fsp3) is 0.429. The summed E-state index contributed by atoms with van der Waals surface area (Å²) in [6, 6.07) is 11.9. The van der Waals surface area contributed by atoms with Crippen LogP contribution in [0.1, 0.15) is 23.2 Å². The number of anilines is 4. The van der Waals surface area contributed by atoms with E-state index in [-0.39, 0.29) is 6.04 Å². The third-order valence-electron chi connectivity index (χ3n) is 5.54. The van der Waals surface area contributed by atoms with E-state index in [0.717, 1.165) is 63.6 Å². The maximum absolute atomic E-state index is 11.9. The summed E-state index contributed by atoms with van der Waals surface area (Å²) in [5.74, 6) is 0.786. The van der Waals surface area contributed by atoms with Crippen LogP contribution in [-0.2, 0) is 0 Å². The highest BCUT2D eigenvalue weighted by Gasteiger charge is 2.20. The van der Waals surface area contributed by atoms with Crippen molar-refractivity contribution in [2.75, 3.05) is 54.4 Å². The fourth-order valence-corrected chi connectivity index (χ4v) is 3.95. The molecule has 29 heavy (non-hydrogen) atoms. The summed E-state index contributed by atoms with van der Waals surface area (Å²) in [5.41, 5.74) is 14.1. The third kappa shape index (κ3) is 4.60. The second kappa shape index (κ2) is 8.67. The summed E-state index contributed by atoms with van der Waals surface area (Å²) in [6.45, 7) is 5.68. The minimum atomic E-state index is -0.501. The number of primary amides is 1. The van der Waals surface area contributed by atoms with Crippen LogP contribution in [0.3, 0.4) is 0 Å². The van der Waals surface area contributed by atoms with Crippen molar-refractivity contribution in [3.63, 3.8) is 0 Å². The highest BCUT2D eigenvalue weighted by atomic mass is 16.1. The number of benzene rings is 1. The van der Waals surface area contributed by atoms with Gasteiger partial charge in [-0.05, 0) is 49.2 Å². The molecule has 0 saturated carbocycles. The van der Waals surface area contributed by atoms with Crippen molar-refractivity contribution in [3.05, 3.63) is 42.0 Å². The second-order valence-electron chi connectivity index (χ2n) is 7.69. The van der Waals surface area contributed by atoms with Gasteiger partial charge < -0.3 is 31.9 Å². The zero-order chi connectivity index (χ0) is 20.2. The molecule has 1 amide bonds. The average Bonchev–Trinajstić information content (AvgIpc) is 2.75. The van der Waals surface area contributed by atoms with Crippen LogP contribution in [0.15, 0.2) is 36.4 Å². The lowest BCUT2D eigenvalue weighted by Crippen LogP contribution is -2.43. The maximum Gasteiger partial charge on any atom is 0.252 e. The molecule has 1 atom stereocenters. The molecule has 4 rings (SSSR count). The van der Waals surface area contributed by atoms with E-state index in [1.54, 1.807) is 6.07 Å². The molecule has 1 aromatic heterocycles. The van der Waals surface area contributed by atoms with Gasteiger partial charge in [0.05, 0.1) is 5.56 Å². The lowest BCUT2D eigenvalue weighted by atomic mass is 10.1. The van der Waals surface area contributed by atoms with E-state index in [4.69, 9.17) is 16.5 Å². The summed E-state index contributed by atoms with van der Waals surface area (Å²) >= 11 is 0. The van der Waals surface area contributed by atoms with E-state index in [0.29, 0.717) is 11.4 Å². The number of carbonyl (C=O) groups excluding carboxylic acids is 1. The first-order valence-corrected chi connectivity index (χ1v) is 10.2. The van der Waals surface area contributed by atoms with E-state index >= 15 is 0 Å². The number of carbonyl (C=O) groups is 1. The number of rotatable bonds is 5. The Morgan fingerprint density at radius 1 is 1.07 bits per heavy atom. The number of aromatic nitrogens is 1. The molecule has 0 aliphatic carbocycles. The number of piperazine rings is 1. The Morgan fingerprint density at radius 3 is 2.52 bits per heavy atom. The van der Waals surface area contributed by atoms with Crippen molar-refractivity contribution in [2.24, 2.45) is 11.5 Å². The Balaban J connectivity index is 1.54. The Morgan fingerprint density at radius 2 is 1.83 bits per heavy atom. The number of nitrogens with two attached hydrogens (primary N) is 2. The number of nitrogens with one attached hydrogen (secondary N) is 2. The molecule has 2 fully saturated rings. The number of pyridine rings is 1. The zero-order valence-electron chi connectivity index (χ0n) is 16.6. The smallest absolute Gasteiger partial charge is 0.252 e. The van der Waals surface area contributed by atoms with Crippen molar-refractivity contribution in [2.45, 2.75) is 18.9 Å². The molecule has 1 unspecified atom stereocenters. The van der Waals surface area contributed by atoms with Crippen LogP contribution in [-0.4, -0.2) is 56.2 Å². The first-order valence-electron chi connectivity index (χ1n) is 10.2. The van der Waals surface area contributed by atoms with Crippen LogP contribution in [0.2, 0.25) is 0 Å². The van der Waals surface area contributed by atoms with Gasteiger partial charge in [-0.2, -0.15) is 0 Å². The summed E-state index contributed by atoms with van der Waals surface area (Å²) in [6.07, 6.45) is 2.07. The molecule has 2 aliphatic rings. The van der Waals surface area contributed by atoms with Gasteiger partial charge in [-0.3, -0.25) is 4.79 Å². The minimum absolute atomic E-state index is 0.148. The van der Waals surface area contributed by atoms with Crippen molar-refractivity contribution in [3.8, 4) is 0 Å². The Hall–Kier alpha value is -2.84. The van der Waals surface area contributed by atoms with Crippen LogP contribution >= 0.6 is 0 Å². The average molecular weight is 396 g/mol. The fourth-order valence-electron chi connectivity index (χ4n) is 3.95. The van der Waals surface area contributed by atoms with Crippen molar-refractivity contribution >= 4 is 28.9 Å². The lowest BCUT2D eigenvalue weighted by molar-refractivity contribution is 0.100. The molecular formula is C21H29N7O. The molecule has 0 radical (unpaired) electrons. The van der Waals surface area contributed by atoms with Gasteiger partial charge in [0.25, 0.3) is 5.91 Å². The molecular weight excluding hydrogens is 366 g/mol. The second-order valence-corrected chi connectivity index (χ2v) is 7.69. The van der Waals surface area contributed by atoms with Crippen molar-refractivity contribution in [1.29, 1.82) is 0 Å². The van der Waals surface area contributed by atoms with Crippen LogP contribution in [0.5, 0.6) is 0 Å². The highest BCUT2D eigenvalue weighted by Crippen LogP contribution is 2.26. The molecule has 0 bridgehead atoms. The van der Waals surface area contributed by atoms with Gasteiger partial charge >= 0.3 is 0 Å². The van der Waals surface area contributed by atoms with Crippen molar-refractivity contribution < 1.29 is 4.79 Å². The minimum Gasteiger partial charge on any atom is -0.369 e. The van der Waals surface area contributed by atoms with Gasteiger partial charge in [0.15, 0.2) is 0 Å². The zero-order valence-corrected chi connectivity index (χ0v) is 16.6. The summed E-state index contributed by atoms with van der Waals surface area (Å²) in [4.78, 5) is 21.1. The largest absolute Gasteiger partial charge is 0.369 e. The van der Waals surface area contributed by atoms with Crippen molar-refractivity contribution in [1.82, 2.24) is 10.3 Å². The molecule has 2 aromatic rings. The van der Waals surface area contributed by atoms with E-state index in [9.17, 15) is 4.79 Å². The predicted molar refractivity (Wildman–Crippen MR) is 117 cm³/mol. The molecule has 1 aromatic carbocycles. The van der Waals surface area contributed by atoms with Crippen LogP contribution < -0.4 is 31.9 Å². The van der Waals surface area contributed by atoms with Gasteiger partial charge in [0.1, 0.15) is 11.6 Å². The Kier molecular flexibility index (Phi) is 5.82. The third-order valence-corrected chi connectivity index (χ3v) is 5.54. The van der Waals surface area contributed by atoms with E-state index in [2.05, 4.69) is 32.6 Å². The van der Waals surface area contributed by atoms with Crippen LogP contribution in [0.25, 0.3) is 0 Å². The van der Waals surface area contributed by atoms with E-state index in [1.807, 2.05) is 18.2 Å². The standard InChI is InChI=1S/C21H29N7O/c22-15-2-1-11-28(14-15)19-8-7-18(20(23)29)21(26-19)25-16-3-5-17(6-4-16)27-12-9-24-10-13-27/h3-8,15,24H,1-2,9-14,22H2,(H2,23,29)(H,25,26). The first-order chi connectivity index (χ1) is 14.1.